The predicted molar refractivity (Wildman–Crippen MR) is 115 cm³/mol. The number of methoxy groups -OCH3 is 2. The Bertz CT molecular complexity index is 1030. The minimum atomic E-state index is -0.306. The topological polar surface area (TPSA) is 60.5 Å². The minimum absolute atomic E-state index is 0.306. The second-order valence-corrected chi connectivity index (χ2v) is 7.30. The summed E-state index contributed by atoms with van der Waals surface area (Å²) in [4.78, 5) is 16.6. The Labute approximate surface area is 176 Å². The van der Waals surface area contributed by atoms with Gasteiger partial charge in [-0.15, -0.1) is 11.3 Å². The van der Waals surface area contributed by atoms with Crippen LogP contribution in [0.5, 0.6) is 11.5 Å². The molecule has 0 saturated heterocycles. The normalized spacial score (nSPS) is 10.9. The van der Waals surface area contributed by atoms with Gasteiger partial charge in [-0.1, -0.05) is 29.3 Å². The van der Waals surface area contributed by atoms with Crippen LogP contribution in [0.2, 0.25) is 10.0 Å². The first kappa shape index (κ1) is 20.2. The van der Waals surface area contributed by atoms with Crippen LogP contribution < -0.4 is 14.8 Å². The van der Waals surface area contributed by atoms with Crippen molar-refractivity contribution < 1.29 is 14.3 Å². The number of hydrogen-bond acceptors (Lipinski definition) is 5. The van der Waals surface area contributed by atoms with E-state index in [0.29, 0.717) is 32.2 Å². The van der Waals surface area contributed by atoms with Gasteiger partial charge in [-0.05, 0) is 42.0 Å². The lowest BCUT2D eigenvalue weighted by Crippen LogP contribution is -2.07. The van der Waals surface area contributed by atoms with Crippen LogP contribution in [-0.4, -0.2) is 25.1 Å². The Morgan fingerprint density at radius 1 is 1.11 bits per heavy atom. The third-order valence-corrected chi connectivity index (χ3v) is 5.11. The monoisotopic (exact) mass is 434 g/mol. The van der Waals surface area contributed by atoms with Gasteiger partial charge in [-0.3, -0.25) is 10.1 Å². The van der Waals surface area contributed by atoms with Crippen molar-refractivity contribution in [3.63, 3.8) is 0 Å². The Morgan fingerprint density at radius 2 is 1.89 bits per heavy atom. The van der Waals surface area contributed by atoms with Crippen LogP contribution in [0.15, 0.2) is 47.9 Å². The van der Waals surface area contributed by atoms with Crippen molar-refractivity contribution >= 4 is 51.7 Å². The fraction of sp³-hybridized carbons (Fsp3) is 0.100. The maximum atomic E-state index is 12.2. The molecule has 0 spiro atoms. The SMILES string of the molecule is COc1ccc(-c2csc(NC(=O)/C=C/c3ccc(Cl)cc3Cl)n2)cc1OC. The van der Waals surface area contributed by atoms with Gasteiger partial charge in [-0.2, -0.15) is 0 Å². The summed E-state index contributed by atoms with van der Waals surface area (Å²) in [6, 6.07) is 10.6. The maximum absolute atomic E-state index is 12.2. The fourth-order valence-electron chi connectivity index (χ4n) is 2.41. The van der Waals surface area contributed by atoms with Crippen molar-refractivity contribution in [2.24, 2.45) is 0 Å². The lowest BCUT2D eigenvalue weighted by Gasteiger charge is -2.08. The van der Waals surface area contributed by atoms with E-state index in [1.54, 1.807) is 38.5 Å². The fourth-order valence-corrected chi connectivity index (χ4v) is 3.60. The molecule has 1 aromatic heterocycles. The number of carbonyl (C=O) groups excluding carboxylic acids is 1. The van der Waals surface area contributed by atoms with Gasteiger partial charge in [0.15, 0.2) is 16.6 Å². The predicted octanol–water partition coefficient (Wildman–Crippen LogP) is 5.79. The van der Waals surface area contributed by atoms with Gasteiger partial charge in [-0.25, -0.2) is 4.98 Å². The zero-order valence-corrected chi connectivity index (χ0v) is 17.4. The van der Waals surface area contributed by atoms with Crippen molar-refractivity contribution in [1.29, 1.82) is 0 Å². The summed E-state index contributed by atoms with van der Waals surface area (Å²) >= 11 is 13.3. The van der Waals surface area contributed by atoms with E-state index in [2.05, 4.69) is 10.3 Å². The molecule has 0 bridgehead atoms. The van der Waals surface area contributed by atoms with Crippen molar-refractivity contribution in [2.45, 2.75) is 0 Å². The first-order chi connectivity index (χ1) is 13.5. The lowest BCUT2D eigenvalue weighted by molar-refractivity contribution is -0.111. The molecular weight excluding hydrogens is 419 g/mol. The smallest absolute Gasteiger partial charge is 0.250 e. The highest BCUT2D eigenvalue weighted by atomic mass is 35.5. The summed E-state index contributed by atoms with van der Waals surface area (Å²) in [5.41, 5.74) is 2.29. The molecule has 0 aliphatic carbocycles. The zero-order chi connectivity index (χ0) is 20.1. The summed E-state index contributed by atoms with van der Waals surface area (Å²) in [5, 5.41) is 6.10. The zero-order valence-electron chi connectivity index (χ0n) is 15.0. The number of ether oxygens (including phenoxy) is 2. The van der Waals surface area contributed by atoms with E-state index >= 15 is 0 Å². The van der Waals surface area contributed by atoms with Gasteiger partial charge in [0.1, 0.15) is 0 Å². The van der Waals surface area contributed by atoms with Crippen LogP contribution in [0.4, 0.5) is 5.13 Å². The first-order valence-electron chi connectivity index (χ1n) is 8.12. The van der Waals surface area contributed by atoms with Gasteiger partial charge in [0.2, 0.25) is 5.91 Å². The quantitative estimate of drug-likeness (QED) is 0.498. The van der Waals surface area contributed by atoms with Crippen molar-refractivity contribution in [3.8, 4) is 22.8 Å². The molecule has 144 valence electrons. The second-order valence-electron chi connectivity index (χ2n) is 5.60. The van der Waals surface area contributed by atoms with Crippen molar-refractivity contribution in [3.05, 3.63) is 63.5 Å². The van der Waals surface area contributed by atoms with Crippen molar-refractivity contribution in [2.75, 3.05) is 19.5 Å². The Hall–Kier alpha value is -2.54. The highest BCUT2D eigenvalue weighted by molar-refractivity contribution is 7.14. The van der Waals surface area contributed by atoms with Crippen molar-refractivity contribution in [1.82, 2.24) is 4.98 Å². The molecule has 1 heterocycles. The summed E-state index contributed by atoms with van der Waals surface area (Å²) < 4.78 is 10.6. The van der Waals surface area contributed by atoms with Gasteiger partial charge >= 0.3 is 0 Å². The Balaban J connectivity index is 1.70. The third-order valence-electron chi connectivity index (χ3n) is 3.79. The maximum Gasteiger partial charge on any atom is 0.250 e. The number of carbonyl (C=O) groups is 1. The van der Waals surface area contributed by atoms with Crippen LogP contribution >= 0.6 is 34.5 Å². The Morgan fingerprint density at radius 3 is 2.61 bits per heavy atom. The molecule has 5 nitrogen and oxygen atoms in total. The van der Waals surface area contributed by atoms with Gasteiger partial charge in [0.05, 0.1) is 19.9 Å². The molecule has 0 aliphatic rings. The van der Waals surface area contributed by atoms with E-state index in [9.17, 15) is 4.79 Å². The number of rotatable bonds is 6. The summed E-state index contributed by atoms with van der Waals surface area (Å²) in [7, 11) is 3.16. The standard InChI is InChI=1S/C20H16Cl2N2O3S/c1-26-17-7-4-13(9-18(17)27-2)16-11-28-20(23-16)24-19(25)8-5-12-3-6-14(21)10-15(12)22/h3-11H,1-2H3,(H,23,24,25)/b8-5+. The highest BCUT2D eigenvalue weighted by Gasteiger charge is 2.10. The molecule has 0 aliphatic heterocycles. The average Bonchev–Trinajstić information content (AvgIpc) is 3.15. The highest BCUT2D eigenvalue weighted by Crippen LogP contribution is 2.33. The van der Waals surface area contributed by atoms with Gasteiger partial charge < -0.3 is 9.47 Å². The molecule has 0 unspecified atom stereocenters. The third kappa shape index (κ3) is 4.84. The van der Waals surface area contributed by atoms with E-state index < -0.39 is 0 Å². The summed E-state index contributed by atoms with van der Waals surface area (Å²) in [6.07, 6.45) is 3.02. The van der Waals surface area contributed by atoms with Gasteiger partial charge in [0, 0.05) is 27.1 Å². The van der Waals surface area contributed by atoms with E-state index in [0.717, 1.165) is 11.3 Å². The molecule has 8 heteroatoms. The number of thiazole rings is 1. The van der Waals surface area contributed by atoms with Crippen LogP contribution in [-0.2, 0) is 4.79 Å². The summed E-state index contributed by atoms with van der Waals surface area (Å²) in [6.45, 7) is 0. The van der Waals surface area contributed by atoms with E-state index in [1.807, 2.05) is 23.6 Å². The number of anilines is 1. The molecule has 3 aromatic rings. The number of hydrogen-bond donors (Lipinski definition) is 1. The molecular formula is C20H16Cl2N2O3S. The van der Waals surface area contributed by atoms with Gasteiger partial charge in [0.25, 0.3) is 0 Å². The molecule has 28 heavy (non-hydrogen) atoms. The molecule has 0 radical (unpaired) electrons. The number of aromatic nitrogens is 1. The van der Waals surface area contributed by atoms with Crippen LogP contribution in [0.1, 0.15) is 5.56 Å². The molecule has 3 rings (SSSR count). The second kappa shape index (κ2) is 9.10. The molecule has 1 N–H and O–H groups in total. The first-order valence-corrected chi connectivity index (χ1v) is 9.75. The van der Waals surface area contributed by atoms with E-state index in [4.69, 9.17) is 32.7 Å². The number of amides is 1. The molecule has 0 saturated carbocycles. The number of nitrogens with zero attached hydrogens (tertiary/aromatic N) is 1. The summed E-state index contributed by atoms with van der Waals surface area (Å²) in [5.74, 6) is 0.946. The molecule has 2 aromatic carbocycles. The Kier molecular flexibility index (Phi) is 6.57. The largest absolute Gasteiger partial charge is 0.493 e. The minimum Gasteiger partial charge on any atom is -0.493 e. The van der Waals surface area contributed by atoms with E-state index in [1.165, 1.54) is 17.4 Å². The lowest BCUT2D eigenvalue weighted by atomic mass is 10.1. The molecule has 1 amide bonds. The van der Waals surface area contributed by atoms with Crippen LogP contribution in [0.25, 0.3) is 17.3 Å². The number of nitrogens with one attached hydrogen (secondary N) is 1. The molecule has 0 fully saturated rings. The van der Waals surface area contributed by atoms with Crippen LogP contribution in [0, 0.1) is 0 Å². The molecule has 0 atom stereocenters. The van der Waals surface area contributed by atoms with E-state index in [-0.39, 0.29) is 5.91 Å². The van der Waals surface area contributed by atoms with Crippen LogP contribution in [0.3, 0.4) is 0 Å². The average molecular weight is 435 g/mol. The number of halogens is 2. The number of benzene rings is 2.